The summed E-state index contributed by atoms with van der Waals surface area (Å²) in [5.41, 5.74) is 0.976. The molecule has 0 saturated heterocycles. The van der Waals surface area contributed by atoms with Crippen molar-refractivity contribution in [2.45, 2.75) is 31.8 Å². The first kappa shape index (κ1) is 14.8. The topological polar surface area (TPSA) is 78.4 Å². The summed E-state index contributed by atoms with van der Waals surface area (Å²) in [6.07, 6.45) is 2.19. The molecular formula is C14H17BrN2O3. The van der Waals surface area contributed by atoms with Crippen molar-refractivity contribution >= 4 is 27.9 Å². The van der Waals surface area contributed by atoms with Crippen molar-refractivity contribution in [2.75, 3.05) is 0 Å². The number of benzene rings is 1. The molecule has 20 heavy (non-hydrogen) atoms. The van der Waals surface area contributed by atoms with Gasteiger partial charge in [-0.05, 0) is 24.5 Å². The molecule has 2 unspecified atom stereocenters. The van der Waals surface area contributed by atoms with Gasteiger partial charge in [-0.25, -0.2) is 4.79 Å². The molecule has 6 heteroatoms. The third-order valence-corrected chi connectivity index (χ3v) is 4.32. The van der Waals surface area contributed by atoms with Crippen LogP contribution >= 0.6 is 15.9 Å². The van der Waals surface area contributed by atoms with Crippen LogP contribution in [-0.4, -0.2) is 23.1 Å². The standard InChI is InChI=1S/C14H17BrN2O3/c15-11-6-2-1-4-9(11)8-16-14(20)17-12-7-3-5-10(12)13(18)19/h1-2,4,6,10,12H,3,5,7-8H2,(H,18,19)(H2,16,17,20). The van der Waals surface area contributed by atoms with Gasteiger partial charge in [-0.1, -0.05) is 40.5 Å². The minimum absolute atomic E-state index is 0.272. The second kappa shape index (κ2) is 6.74. The van der Waals surface area contributed by atoms with Crippen LogP contribution in [0, 0.1) is 5.92 Å². The number of halogens is 1. The summed E-state index contributed by atoms with van der Waals surface area (Å²) in [5.74, 6) is -1.30. The van der Waals surface area contributed by atoms with Gasteiger partial charge in [-0.2, -0.15) is 0 Å². The Labute approximate surface area is 125 Å². The maximum absolute atomic E-state index is 11.8. The summed E-state index contributed by atoms with van der Waals surface area (Å²) < 4.78 is 0.935. The average molecular weight is 341 g/mol. The quantitative estimate of drug-likeness (QED) is 0.787. The highest BCUT2D eigenvalue weighted by Gasteiger charge is 2.33. The maximum atomic E-state index is 11.8. The molecule has 2 rings (SSSR count). The Morgan fingerprint density at radius 3 is 2.75 bits per heavy atom. The lowest BCUT2D eigenvalue weighted by atomic mass is 10.0. The first-order valence-electron chi connectivity index (χ1n) is 6.58. The molecular weight excluding hydrogens is 324 g/mol. The van der Waals surface area contributed by atoms with Crippen LogP contribution in [0.25, 0.3) is 0 Å². The van der Waals surface area contributed by atoms with E-state index in [1.165, 1.54) is 0 Å². The number of carboxylic acids is 1. The minimum atomic E-state index is -0.835. The van der Waals surface area contributed by atoms with Gasteiger partial charge in [0.1, 0.15) is 0 Å². The van der Waals surface area contributed by atoms with Crippen molar-refractivity contribution in [3.05, 3.63) is 34.3 Å². The van der Waals surface area contributed by atoms with Crippen LogP contribution < -0.4 is 10.6 Å². The van der Waals surface area contributed by atoms with Crippen molar-refractivity contribution in [1.29, 1.82) is 0 Å². The maximum Gasteiger partial charge on any atom is 0.315 e. The number of aliphatic carboxylic acids is 1. The molecule has 0 aliphatic heterocycles. The molecule has 0 bridgehead atoms. The fourth-order valence-electron chi connectivity index (χ4n) is 2.47. The van der Waals surface area contributed by atoms with Crippen LogP contribution in [0.3, 0.4) is 0 Å². The highest BCUT2D eigenvalue weighted by atomic mass is 79.9. The number of hydrogen-bond donors (Lipinski definition) is 3. The van der Waals surface area contributed by atoms with E-state index in [0.29, 0.717) is 13.0 Å². The molecule has 108 valence electrons. The highest BCUT2D eigenvalue weighted by Crippen LogP contribution is 2.25. The molecule has 0 heterocycles. The van der Waals surface area contributed by atoms with E-state index in [4.69, 9.17) is 5.11 Å². The summed E-state index contributed by atoms with van der Waals surface area (Å²) in [6, 6.07) is 7.04. The molecule has 1 aromatic carbocycles. The third-order valence-electron chi connectivity index (χ3n) is 3.55. The molecule has 0 spiro atoms. The summed E-state index contributed by atoms with van der Waals surface area (Å²) in [5, 5.41) is 14.6. The molecule has 1 fully saturated rings. The Balaban J connectivity index is 1.84. The van der Waals surface area contributed by atoms with Gasteiger partial charge in [-0.15, -0.1) is 0 Å². The van der Waals surface area contributed by atoms with Crippen molar-refractivity contribution in [3.63, 3.8) is 0 Å². The second-order valence-electron chi connectivity index (χ2n) is 4.90. The van der Waals surface area contributed by atoms with Crippen molar-refractivity contribution in [1.82, 2.24) is 10.6 Å². The van der Waals surface area contributed by atoms with E-state index in [1.54, 1.807) is 0 Å². The monoisotopic (exact) mass is 340 g/mol. The van der Waals surface area contributed by atoms with Crippen molar-refractivity contribution in [3.8, 4) is 0 Å². The van der Waals surface area contributed by atoms with E-state index in [2.05, 4.69) is 26.6 Å². The van der Waals surface area contributed by atoms with E-state index in [-0.39, 0.29) is 12.1 Å². The first-order chi connectivity index (χ1) is 9.58. The fourth-order valence-corrected chi connectivity index (χ4v) is 2.89. The average Bonchev–Trinajstić information content (AvgIpc) is 2.86. The lowest BCUT2D eigenvalue weighted by molar-refractivity contribution is -0.142. The SMILES string of the molecule is O=C(NCc1ccccc1Br)NC1CCCC1C(=O)O. The van der Waals surface area contributed by atoms with E-state index < -0.39 is 11.9 Å². The molecule has 2 amide bonds. The van der Waals surface area contributed by atoms with Gasteiger partial charge < -0.3 is 15.7 Å². The van der Waals surface area contributed by atoms with E-state index in [1.807, 2.05) is 24.3 Å². The summed E-state index contributed by atoms with van der Waals surface area (Å²) in [7, 11) is 0. The van der Waals surface area contributed by atoms with Crippen molar-refractivity contribution < 1.29 is 14.7 Å². The number of hydrogen-bond acceptors (Lipinski definition) is 2. The fraction of sp³-hybridized carbons (Fsp3) is 0.429. The lowest BCUT2D eigenvalue weighted by Crippen LogP contribution is -2.45. The lowest BCUT2D eigenvalue weighted by Gasteiger charge is -2.18. The zero-order valence-electron chi connectivity index (χ0n) is 10.9. The van der Waals surface area contributed by atoms with Crippen LogP contribution in [-0.2, 0) is 11.3 Å². The van der Waals surface area contributed by atoms with E-state index in [0.717, 1.165) is 22.9 Å². The van der Waals surface area contributed by atoms with Gasteiger partial charge in [0.25, 0.3) is 0 Å². The Kier molecular flexibility index (Phi) is 5.00. The summed E-state index contributed by atoms with van der Waals surface area (Å²) in [6.45, 7) is 0.401. The van der Waals surface area contributed by atoms with Crippen LogP contribution in [0.5, 0.6) is 0 Å². The Bertz CT molecular complexity index is 507. The van der Waals surface area contributed by atoms with Crippen LogP contribution in [0.1, 0.15) is 24.8 Å². The molecule has 1 saturated carbocycles. The number of carbonyl (C=O) groups is 2. The molecule has 1 aliphatic carbocycles. The molecule has 0 radical (unpaired) electrons. The minimum Gasteiger partial charge on any atom is -0.481 e. The van der Waals surface area contributed by atoms with Gasteiger partial charge in [0.15, 0.2) is 0 Å². The predicted molar refractivity (Wildman–Crippen MR) is 78.3 cm³/mol. The predicted octanol–water partition coefficient (Wildman–Crippen LogP) is 2.50. The normalized spacial score (nSPS) is 21.4. The Morgan fingerprint density at radius 1 is 1.30 bits per heavy atom. The largest absolute Gasteiger partial charge is 0.481 e. The van der Waals surface area contributed by atoms with E-state index in [9.17, 15) is 9.59 Å². The molecule has 3 N–H and O–H groups in total. The number of carboxylic acid groups (broad SMARTS) is 1. The van der Waals surface area contributed by atoms with Crippen LogP contribution in [0.15, 0.2) is 28.7 Å². The van der Waals surface area contributed by atoms with Gasteiger partial charge in [-0.3, -0.25) is 4.79 Å². The molecule has 1 aliphatic rings. The number of amides is 2. The number of nitrogens with one attached hydrogen (secondary N) is 2. The van der Waals surface area contributed by atoms with Gasteiger partial charge >= 0.3 is 12.0 Å². The second-order valence-corrected chi connectivity index (χ2v) is 5.75. The first-order valence-corrected chi connectivity index (χ1v) is 7.38. The number of rotatable bonds is 4. The van der Waals surface area contributed by atoms with E-state index >= 15 is 0 Å². The molecule has 0 aromatic heterocycles. The zero-order chi connectivity index (χ0) is 14.5. The Hall–Kier alpha value is -1.56. The molecule has 1 aromatic rings. The smallest absolute Gasteiger partial charge is 0.315 e. The van der Waals surface area contributed by atoms with Gasteiger partial charge in [0.2, 0.25) is 0 Å². The molecule has 2 atom stereocenters. The van der Waals surface area contributed by atoms with Crippen molar-refractivity contribution in [2.24, 2.45) is 5.92 Å². The van der Waals surface area contributed by atoms with Crippen LogP contribution in [0.4, 0.5) is 4.79 Å². The third kappa shape index (κ3) is 3.72. The number of urea groups is 1. The zero-order valence-corrected chi connectivity index (χ0v) is 12.5. The summed E-state index contributed by atoms with van der Waals surface area (Å²) in [4.78, 5) is 22.9. The molecule has 5 nitrogen and oxygen atoms in total. The summed E-state index contributed by atoms with van der Waals surface area (Å²) >= 11 is 3.41. The van der Waals surface area contributed by atoms with Crippen LogP contribution in [0.2, 0.25) is 0 Å². The highest BCUT2D eigenvalue weighted by molar-refractivity contribution is 9.10. The van der Waals surface area contributed by atoms with Gasteiger partial charge in [0.05, 0.1) is 5.92 Å². The van der Waals surface area contributed by atoms with Gasteiger partial charge in [0, 0.05) is 17.1 Å². The number of carbonyl (C=O) groups excluding carboxylic acids is 1. The Morgan fingerprint density at radius 2 is 2.05 bits per heavy atom.